The summed E-state index contributed by atoms with van der Waals surface area (Å²) in [6.07, 6.45) is 4.15. The summed E-state index contributed by atoms with van der Waals surface area (Å²) in [5.41, 5.74) is 7.61. The van der Waals surface area contributed by atoms with Crippen LogP contribution in [0.25, 0.3) is 45.0 Å². The number of aliphatic hydroxyl groups is 1. The number of Topliss-reactive ketones (excluding diaryl/α,β-unsaturated/α-hetero) is 1. The molecule has 0 amide bonds. The molecular formula is C43H48N8O8. The second-order valence-electron chi connectivity index (χ2n) is 16.2. The lowest BCUT2D eigenvalue weighted by Crippen LogP contribution is -2.20. The molecule has 0 spiro atoms. The molecule has 4 fully saturated rings. The number of nitrogens with zero attached hydrogens (tertiary/aromatic N) is 6. The largest absolute Gasteiger partial charge is 0.402 e. The van der Waals surface area contributed by atoms with Crippen LogP contribution in [0.1, 0.15) is 96.5 Å². The van der Waals surface area contributed by atoms with Gasteiger partial charge in [-0.1, -0.05) is 16.3 Å². The van der Waals surface area contributed by atoms with E-state index in [-0.39, 0.29) is 30.4 Å². The zero-order valence-electron chi connectivity index (χ0n) is 33.8. The molecule has 2 saturated heterocycles. The van der Waals surface area contributed by atoms with E-state index in [4.69, 9.17) is 37.7 Å². The van der Waals surface area contributed by atoms with Crippen LogP contribution >= 0.6 is 0 Å². The molecule has 16 nitrogen and oxygen atoms in total. The molecule has 0 bridgehead atoms. The van der Waals surface area contributed by atoms with Crippen LogP contribution in [-0.2, 0) is 24.5 Å². The minimum atomic E-state index is -1.01. The highest BCUT2D eigenvalue weighted by molar-refractivity contribution is 6.07. The number of ketones is 1. The number of pyridine rings is 2. The average Bonchev–Trinajstić information content (AvgIpc) is 3.93. The zero-order chi connectivity index (χ0) is 40.8. The van der Waals surface area contributed by atoms with Crippen molar-refractivity contribution in [3.8, 4) is 23.2 Å². The van der Waals surface area contributed by atoms with Crippen LogP contribution in [0.5, 0.6) is 0 Å². The van der Waals surface area contributed by atoms with Gasteiger partial charge in [-0.15, -0.1) is 10.2 Å². The van der Waals surface area contributed by atoms with Gasteiger partial charge in [0.1, 0.15) is 11.4 Å². The van der Waals surface area contributed by atoms with E-state index in [1.54, 1.807) is 20.8 Å². The van der Waals surface area contributed by atoms with Crippen molar-refractivity contribution in [2.24, 2.45) is 0 Å². The Kier molecular flexibility index (Phi) is 10.6. The van der Waals surface area contributed by atoms with E-state index in [0.717, 1.165) is 33.0 Å². The highest BCUT2D eigenvalue weighted by Gasteiger charge is 2.30. The van der Waals surface area contributed by atoms with Crippen LogP contribution in [0.4, 0.5) is 12.0 Å². The van der Waals surface area contributed by atoms with E-state index in [9.17, 15) is 9.90 Å². The molecule has 2 aromatic carbocycles. The molecule has 0 atom stereocenters. The van der Waals surface area contributed by atoms with Crippen molar-refractivity contribution in [3.05, 3.63) is 69.8 Å². The molecular weight excluding hydrogens is 757 g/mol. The molecule has 59 heavy (non-hydrogen) atoms. The highest BCUT2D eigenvalue weighted by Crippen LogP contribution is 2.44. The number of nitrogens with one attached hydrogen (secondary N) is 2. The number of benzene rings is 2. The molecule has 4 aromatic heterocycles. The lowest BCUT2D eigenvalue weighted by molar-refractivity contribution is -0.0304. The Bertz CT molecular complexity index is 2510. The fraction of sp³-hybridized carbons (Fsp3) is 0.465. The quantitative estimate of drug-likeness (QED) is 0.107. The second-order valence-corrected chi connectivity index (χ2v) is 16.2. The van der Waals surface area contributed by atoms with Crippen molar-refractivity contribution in [1.29, 1.82) is 0 Å². The number of aryl methyl sites for hydroxylation is 2. The summed E-state index contributed by atoms with van der Waals surface area (Å²) in [5.74, 6) is 1.78. The van der Waals surface area contributed by atoms with Gasteiger partial charge < -0.3 is 43.5 Å². The molecule has 6 heterocycles. The molecule has 4 aliphatic rings. The number of aromatic nitrogens is 6. The van der Waals surface area contributed by atoms with Gasteiger partial charge in [0.25, 0.3) is 11.8 Å². The smallest absolute Gasteiger partial charge is 0.315 e. The third-order valence-corrected chi connectivity index (χ3v) is 10.9. The third-order valence-electron chi connectivity index (χ3n) is 10.9. The van der Waals surface area contributed by atoms with E-state index in [1.165, 1.54) is 36.8 Å². The average molecular weight is 805 g/mol. The van der Waals surface area contributed by atoms with Crippen molar-refractivity contribution in [1.82, 2.24) is 30.4 Å². The van der Waals surface area contributed by atoms with Gasteiger partial charge in [-0.25, -0.2) is 9.97 Å². The zero-order valence-corrected chi connectivity index (χ0v) is 33.8. The van der Waals surface area contributed by atoms with E-state index >= 15 is 0 Å². The fourth-order valence-corrected chi connectivity index (χ4v) is 7.47. The minimum absolute atomic E-state index is 0.00555. The van der Waals surface area contributed by atoms with Gasteiger partial charge in [0.15, 0.2) is 18.4 Å². The van der Waals surface area contributed by atoms with Gasteiger partial charge >= 0.3 is 12.0 Å². The third kappa shape index (κ3) is 8.68. The van der Waals surface area contributed by atoms with Crippen LogP contribution in [0.15, 0.2) is 45.2 Å². The summed E-state index contributed by atoms with van der Waals surface area (Å²) >= 11 is 0. The highest BCUT2D eigenvalue weighted by atomic mass is 16.7. The van der Waals surface area contributed by atoms with Crippen LogP contribution in [0.2, 0.25) is 0 Å². The summed E-state index contributed by atoms with van der Waals surface area (Å²) in [7, 11) is 0. The van der Waals surface area contributed by atoms with Gasteiger partial charge in [-0.05, 0) is 125 Å². The molecule has 2 saturated carbocycles. The maximum Gasteiger partial charge on any atom is 0.315 e. The first-order valence-electron chi connectivity index (χ1n) is 20.2. The summed E-state index contributed by atoms with van der Waals surface area (Å²) in [5, 5.41) is 35.2. The van der Waals surface area contributed by atoms with Crippen LogP contribution < -0.4 is 10.6 Å². The van der Waals surface area contributed by atoms with E-state index < -0.39 is 5.60 Å². The number of hydrogen-bond acceptors (Lipinski definition) is 16. The number of ether oxygens (including phenoxy) is 4. The van der Waals surface area contributed by atoms with Crippen molar-refractivity contribution in [2.75, 3.05) is 50.2 Å². The Balaban J connectivity index is 0.000000152. The Labute approximate surface area is 340 Å². The van der Waals surface area contributed by atoms with Gasteiger partial charge in [0.2, 0.25) is 0 Å². The van der Waals surface area contributed by atoms with Crippen molar-refractivity contribution in [3.63, 3.8) is 0 Å². The Morgan fingerprint density at radius 1 is 0.678 bits per heavy atom. The Morgan fingerprint density at radius 3 is 1.59 bits per heavy atom. The van der Waals surface area contributed by atoms with Gasteiger partial charge in [0.05, 0.1) is 56.2 Å². The topological polar surface area (TPSA) is 202 Å². The lowest BCUT2D eigenvalue weighted by Gasteiger charge is -2.22. The van der Waals surface area contributed by atoms with Crippen LogP contribution in [0.3, 0.4) is 0 Å². The maximum atomic E-state index is 12.3. The number of anilines is 2. The summed E-state index contributed by atoms with van der Waals surface area (Å²) in [6.45, 7) is 12.4. The maximum absolute atomic E-state index is 12.3. The molecule has 16 heteroatoms. The summed E-state index contributed by atoms with van der Waals surface area (Å²) < 4.78 is 33.0. The fourth-order valence-electron chi connectivity index (χ4n) is 7.47. The van der Waals surface area contributed by atoms with E-state index in [0.29, 0.717) is 85.6 Å². The van der Waals surface area contributed by atoms with Gasteiger partial charge in [-0.3, -0.25) is 4.79 Å². The number of rotatable bonds is 12. The monoisotopic (exact) mass is 804 g/mol. The normalized spacial score (nSPS) is 17.5. The predicted molar refractivity (Wildman–Crippen MR) is 217 cm³/mol. The molecule has 10 rings (SSSR count). The predicted octanol–water partition coefficient (Wildman–Crippen LogP) is 6.94. The van der Waals surface area contributed by atoms with Crippen molar-refractivity contribution in [2.45, 2.75) is 90.3 Å². The van der Waals surface area contributed by atoms with Crippen LogP contribution in [0, 0.1) is 13.8 Å². The van der Waals surface area contributed by atoms with Gasteiger partial charge in [-0.2, -0.15) is 0 Å². The Hall–Kier alpha value is -5.39. The van der Waals surface area contributed by atoms with E-state index in [1.807, 2.05) is 32.0 Å². The van der Waals surface area contributed by atoms with Crippen molar-refractivity contribution >= 4 is 39.6 Å². The standard InChI is InChI=1S/C22H26N4O4.C21H22N4O4/c1-12-8-17(20-25-26-21(30-20)23-11-18-28-6-7-29-18)24-19-15(12)9-14(13-4-5-13)10-16(19)22(2,3)27;1-11-7-17(20-24-25-21(29-20)22-10-18-27-5-6-28-18)23-19-15(11)8-14(13-3-4-13)9-16(19)12(2)26/h8-10,13,18,27H,4-7,11H2,1-3H3,(H,23,26);7-9,13,18H,3-6,10H2,1-2H3,(H,22,25). The molecule has 3 N–H and O–H groups in total. The molecule has 308 valence electrons. The molecule has 2 aliphatic heterocycles. The van der Waals surface area contributed by atoms with Crippen LogP contribution in [-0.4, -0.2) is 93.3 Å². The SMILES string of the molecule is CC(=O)c1cc(C2CC2)cc2c(C)cc(-c3nnc(NCC4OCCO4)o3)nc12.Cc1cc(-c2nnc(NCC3OCCO3)o2)nc2c(C(C)(C)O)cc(C3CC3)cc12. The first-order valence-corrected chi connectivity index (χ1v) is 20.2. The number of hydrogen-bond donors (Lipinski definition) is 3. The summed E-state index contributed by atoms with van der Waals surface area (Å²) in [6, 6.07) is 12.9. The first-order chi connectivity index (χ1) is 28.5. The summed E-state index contributed by atoms with van der Waals surface area (Å²) in [4.78, 5) is 21.8. The molecule has 0 radical (unpaired) electrons. The number of carbonyl (C=O) groups excluding carboxylic acids is 1. The molecule has 2 aliphatic carbocycles. The number of carbonyl (C=O) groups is 1. The minimum Gasteiger partial charge on any atom is -0.402 e. The first kappa shape index (κ1) is 39.1. The van der Waals surface area contributed by atoms with Crippen molar-refractivity contribution < 1.29 is 37.7 Å². The number of fused-ring (bicyclic) bond motifs is 2. The molecule has 6 aromatic rings. The van der Waals surface area contributed by atoms with E-state index in [2.05, 4.69) is 49.2 Å². The Morgan fingerprint density at radius 2 is 1.14 bits per heavy atom. The van der Waals surface area contributed by atoms with Gasteiger partial charge in [0, 0.05) is 21.9 Å². The lowest BCUT2D eigenvalue weighted by atomic mass is 9.90. The molecule has 0 unspecified atom stereocenters. The second kappa shape index (κ2) is 16.0.